The maximum Gasteiger partial charge on any atom is 0.251 e. The number of aliphatic hydroxyl groups excluding tert-OH is 2. The first-order chi connectivity index (χ1) is 16.6. The number of nitrogens with one attached hydrogen (secondary N) is 6. The number of carbonyl (C=O) groups is 2. The Morgan fingerprint density at radius 3 is 1.86 bits per heavy atom. The van der Waals surface area contributed by atoms with Crippen LogP contribution in [0.2, 0.25) is 0 Å². The molecule has 0 aliphatic carbocycles. The first kappa shape index (κ1) is 32.8. The number of amidine groups is 2. The Morgan fingerprint density at radius 2 is 1.31 bits per heavy atom. The molecule has 10 heteroatoms. The molecule has 0 heterocycles. The van der Waals surface area contributed by atoms with Gasteiger partial charge in [0.25, 0.3) is 5.91 Å². The van der Waals surface area contributed by atoms with Gasteiger partial charge in [0.15, 0.2) is 6.10 Å². The Hall–Kier alpha value is -2.20. The SMILES string of the molecule is CCC(C)NC(=O)CC[C@H](O)C(O)C(=O)NCCNC(=N)CCCCCCC(=N)NCCC(C)C. The van der Waals surface area contributed by atoms with Crippen LogP contribution in [-0.2, 0) is 9.59 Å². The van der Waals surface area contributed by atoms with Crippen molar-refractivity contribution in [3.8, 4) is 0 Å². The molecule has 0 spiro atoms. The third-order valence-corrected chi connectivity index (χ3v) is 5.75. The van der Waals surface area contributed by atoms with Gasteiger partial charge < -0.3 is 31.5 Å². The Bertz CT molecular complexity index is 629. The van der Waals surface area contributed by atoms with Crippen molar-refractivity contribution in [1.82, 2.24) is 21.3 Å². The van der Waals surface area contributed by atoms with Gasteiger partial charge in [-0.2, -0.15) is 0 Å². The molecule has 0 aromatic carbocycles. The number of rotatable bonds is 20. The summed E-state index contributed by atoms with van der Waals surface area (Å²) < 4.78 is 0. The number of hydrogen-bond donors (Lipinski definition) is 8. The first-order valence-electron chi connectivity index (χ1n) is 13.1. The van der Waals surface area contributed by atoms with Gasteiger partial charge >= 0.3 is 0 Å². The zero-order valence-corrected chi connectivity index (χ0v) is 22.2. The molecule has 2 amide bonds. The Labute approximate surface area is 211 Å². The standard InChI is InChI=1S/C25H50N6O4/c1-5-19(4)31-23(33)13-12-20(32)24(34)25(35)30-17-16-29-22(27)11-9-7-6-8-10-21(26)28-15-14-18(2)3/h18-20,24,32,34H,5-17H2,1-4H3,(H2,26,28)(H2,27,29)(H,30,35)(H,31,33)/t19?,20-,24?/m0/s1. The quantitative estimate of drug-likeness (QED) is 0.0725. The van der Waals surface area contributed by atoms with Gasteiger partial charge in [-0.05, 0) is 44.9 Å². The predicted molar refractivity (Wildman–Crippen MR) is 141 cm³/mol. The molecule has 0 fully saturated rings. The van der Waals surface area contributed by atoms with Gasteiger partial charge in [0.05, 0.1) is 17.8 Å². The smallest absolute Gasteiger partial charge is 0.251 e. The largest absolute Gasteiger partial charge is 0.390 e. The molecule has 0 aliphatic rings. The average molecular weight is 499 g/mol. The summed E-state index contributed by atoms with van der Waals surface area (Å²) in [7, 11) is 0. The molecule has 2 unspecified atom stereocenters. The topological polar surface area (TPSA) is 170 Å². The molecule has 204 valence electrons. The van der Waals surface area contributed by atoms with E-state index >= 15 is 0 Å². The minimum atomic E-state index is -1.60. The summed E-state index contributed by atoms with van der Waals surface area (Å²) in [6.07, 6.45) is 4.26. The second kappa shape index (κ2) is 20.0. The molecule has 0 aliphatic heterocycles. The highest BCUT2D eigenvalue weighted by atomic mass is 16.3. The molecule has 35 heavy (non-hydrogen) atoms. The predicted octanol–water partition coefficient (Wildman–Crippen LogP) is 2.04. The minimum Gasteiger partial charge on any atom is -0.390 e. The van der Waals surface area contributed by atoms with E-state index < -0.39 is 18.1 Å². The van der Waals surface area contributed by atoms with Crippen molar-refractivity contribution in [2.45, 2.75) is 110 Å². The Morgan fingerprint density at radius 1 is 0.771 bits per heavy atom. The second-order valence-corrected chi connectivity index (χ2v) is 9.63. The summed E-state index contributed by atoms with van der Waals surface area (Å²) >= 11 is 0. The number of unbranched alkanes of at least 4 members (excludes halogenated alkanes) is 3. The van der Waals surface area contributed by atoms with Gasteiger partial charge in [0.2, 0.25) is 5.91 Å². The average Bonchev–Trinajstić information content (AvgIpc) is 2.81. The fourth-order valence-corrected chi connectivity index (χ4v) is 3.21. The van der Waals surface area contributed by atoms with E-state index in [1.54, 1.807) is 0 Å². The molecule has 0 radical (unpaired) electrons. The van der Waals surface area contributed by atoms with E-state index in [0.717, 1.165) is 51.5 Å². The van der Waals surface area contributed by atoms with E-state index in [0.29, 0.717) is 30.6 Å². The van der Waals surface area contributed by atoms with Crippen molar-refractivity contribution < 1.29 is 19.8 Å². The van der Waals surface area contributed by atoms with E-state index in [-0.39, 0.29) is 31.3 Å². The van der Waals surface area contributed by atoms with Gasteiger partial charge in [0, 0.05) is 44.9 Å². The van der Waals surface area contributed by atoms with Gasteiger partial charge in [-0.15, -0.1) is 0 Å². The maximum absolute atomic E-state index is 12.0. The van der Waals surface area contributed by atoms with Crippen molar-refractivity contribution in [2.75, 3.05) is 19.6 Å². The first-order valence-corrected chi connectivity index (χ1v) is 13.1. The molecule has 0 aromatic heterocycles. The van der Waals surface area contributed by atoms with Crippen LogP contribution in [0.25, 0.3) is 0 Å². The van der Waals surface area contributed by atoms with Gasteiger partial charge in [-0.25, -0.2) is 0 Å². The zero-order chi connectivity index (χ0) is 26.6. The minimum absolute atomic E-state index is 0.00443. The van der Waals surface area contributed by atoms with E-state index in [4.69, 9.17) is 10.8 Å². The lowest BCUT2D eigenvalue weighted by Gasteiger charge is -2.18. The number of hydrogen-bond acceptors (Lipinski definition) is 6. The van der Waals surface area contributed by atoms with Gasteiger partial charge in [-0.3, -0.25) is 20.4 Å². The summed E-state index contributed by atoms with van der Waals surface area (Å²) in [5, 5.41) is 47.1. The van der Waals surface area contributed by atoms with Crippen LogP contribution in [0.4, 0.5) is 0 Å². The van der Waals surface area contributed by atoms with Crippen molar-refractivity contribution in [1.29, 1.82) is 10.8 Å². The monoisotopic (exact) mass is 498 g/mol. The lowest BCUT2D eigenvalue weighted by Crippen LogP contribution is -2.45. The van der Waals surface area contributed by atoms with Crippen molar-refractivity contribution in [3.63, 3.8) is 0 Å². The molecule has 10 nitrogen and oxygen atoms in total. The molecule has 0 rings (SSSR count). The van der Waals surface area contributed by atoms with Crippen LogP contribution >= 0.6 is 0 Å². The van der Waals surface area contributed by atoms with Crippen molar-refractivity contribution in [2.24, 2.45) is 5.92 Å². The van der Waals surface area contributed by atoms with E-state index in [2.05, 4.69) is 35.1 Å². The van der Waals surface area contributed by atoms with Crippen molar-refractivity contribution >= 4 is 23.5 Å². The molecular weight excluding hydrogens is 448 g/mol. The fourth-order valence-electron chi connectivity index (χ4n) is 3.21. The summed E-state index contributed by atoms with van der Waals surface area (Å²) in [4.78, 5) is 23.7. The molecule has 0 saturated heterocycles. The van der Waals surface area contributed by atoms with Crippen LogP contribution < -0.4 is 21.3 Å². The van der Waals surface area contributed by atoms with Crippen molar-refractivity contribution in [3.05, 3.63) is 0 Å². The maximum atomic E-state index is 12.0. The lowest BCUT2D eigenvalue weighted by molar-refractivity contribution is -0.136. The Kier molecular flexibility index (Phi) is 18.8. The highest BCUT2D eigenvalue weighted by molar-refractivity contribution is 5.82. The van der Waals surface area contributed by atoms with Crippen LogP contribution in [0.5, 0.6) is 0 Å². The van der Waals surface area contributed by atoms with Gasteiger partial charge in [0.1, 0.15) is 0 Å². The molecule has 0 bridgehead atoms. The number of amides is 2. The molecule has 8 N–H and O–H groups in total. The molecular formula is C25H50N6O4. The second-order valence-electron chi connectivity index (χ2n) is 9.63. The number of aliphatic hydroxyl groups is 2. The van der Waals surface area contributed by atoms with Crippen LogP contribution in [0.1, 0.15) is 91.9 Å². The summed E-state index contributed by atoms with van der Waals surface area (Å²) in [6.45, 7) is 9.60. The summed E-state index contributed by atoms with van der Waals surface area (Å²) in [5.41, 5.74) is 0. The molecule has 0 saturated carbocycles. The lowest BCUT2D eigenvalue weighted by atomic mass is 10.1. The summed E-state index contributed by atoms with van der Waals surface area (Å²) in [6, 6.07) is 0.0430. The highest BCUT2D eigenvalue weighted by Gasteiger charge is 2.24. The Balaban J connectivity index is 3.78. The molecule has 0 aromatic rings. The fraction of sp³-hybridized carbons (Fsp3) is 0.840. The normalized spacial score (nSPS) is 13.6. The van der Waals surface area contributed by atoms with Crippen LogP contribution in [0.15, 0.2) is 0 Å². The van der Waals surface area contributed by atoms with E-state index in [9.17, 15) is 19.8 Å². The highest BCUT2D eigenvalue weighted by Crippen LogP contribution is 2.06. The number of carbonyl (C=O) groups excluding carboxylic acids is 2. The zero-order valence-electron chi connectivity index (χ0n) is 22.2. The molecule has 3 atom stereocenters. The van der Waals surface area contributed by atoms with E-state index in [1.165, 1.54) is 0 Å². The third-order valence-electron chi connectivity index (χ3n) is 5.75. The van der Waals surface area contributed by atoms with E-state index in [1.807, 2.05) is 13.8 Å². The van der Waals surface area contributed by atoms with Crippen LogP contribution in [0.3, 0.4) is 0 Å². The van der Waals surface area contributed by atoms with Gasteiger partial charge in [-0.1, -0.05) is 33.6 Å². The summed E-state index contributed by atoms with van der Waals surface area (Å²) in [5.74, 6) is 0.724. The van der Waals surface area contributed by atoms with Crippen LogP contribution in [-0.4, -0.2) is 71.6 Å². The van der Waals surface area contributed by atoms with Crippen LogP contribution in [0, 0.1) is 16.7 Å². The third kappa shape index (κ3) is 18.8.